The summed E-state index contributed by atoms with van der Waals surface area (Å²) in [6.07, 6.45) is 20.1. The summed E-state index contributed by atoms with van der Waals surface area (Å²) in [6.45, 7) is 0. The quantitative estimate of drug-likeness (QED) is 0.435. The first-order chi connectivity index (χ1) is 12.9. The van der Waals surface area contributed by atoms with Crippen LogP contribution in [0.15, 0.2) is 48.6 Å². The molecule has 0 aromatic rings. The second kappa shape index (κ2) is 13.5. The van der Waals surface area contributed by atoms with Crippen LogP contribution in [0.2, 0.25) is 0 Å². The fourth-order valence-electron chi connectivity index (χ4n) is 3.11. The van der Waals surface area contributed by atoms with Crippen LogP contribution in [-0.2, 0) is 4.79 Å². The Kier molecular flexibility index (Phi) is 11.7. The molecule has 1 fully saturated rings. The predicted molar refractivity (Wildman–Crippen MR) is 107 cm³/mol. The Morgan fingerprint density at radius 1 is 0.889 bits per heavy atom. The molecule has 152 valence electrons. The summed E-state index contributed by atoms with van der Waals surface area (Å²) < 4.78 is 0. The lowest BCUT2D eigenvalue weighted by atomic mass is 9.87. The normalized spacial score (nSPS) is 21.0. The van der Waals surface area contributed by atoms with Crippen molar-refractivity contribution in [3.05, 3.63) is 48.6 Å². The van der Waals surface area contributed by atoms with E-state index in [2.05, 4.69) is 0 Å². The van der Waals surface area contributed by atoms with Crippen LogP contribution < -0.4 is 0 Å². The Labute approximate surface area is 162 Å². The minimum absolute atomic E-state index is 0.0131. The molecule has 5 nitrogen and oxygen atoms in total. The van der Waals surface area contributed by atoms with E-state index in [0.717, 1.165) is 25.7 Å². The number of carbonyl (C=O) groups is 1. The smallest absolute Gasteiger partial charge is 0.303 e. The Bertz CT molecular complexity index is 525. The van der Waals surface area contributed by atoms with Crippen molar-refractivity contribution in [3.8, 4) is 0 Å². The van der Waals surface area contributed by atoms with E-state index in [1.807, 2.05) is 24.3 Å². The highest BCUT2D eigenvalue weighted by Crippen LogP contribution is 2.27. The summed E-state index contributed by atoms with van der Waals surface area (Å²) in [5, 5.41) is 38.6. The van der Waals surface area contributed by atoms with E-state index >= 15 is 0 Å². The molecule has 27 heavy (non-hydrogen) atoms. The molecular weight excluding hydrogens is 344 g/mol. The first-order valence-corrected chi connectivity index (χ1v) is 9.93. The summed E-state index contributed by atoms with van der Waals surface area (Å²) in [5.74, 6) is -0.905. The molecule has 0 bridgehead atoms. The summed E-state index contributed by atoms with van der Waals surface area (Å²) in [4.78, 5) is 10.4. The van der Waals surface area contributed by atoms with Gasteiger partial charge in [-0.15, -0.1) is 0 Å². The molecule has 0 spiro atoms. The van der Waals surface area contributed by atoms with Crippen LogP contribution in [0.1, 0.15) is 64.2 Å². The SMILES string of the molecule is O=C(O)CCC[C@H](O)[C@H](O)/C=C/C=C/C=C/C=C/C1(O)CCCCCCC1. The zero-order valence-corrected chi connectivity index (χ0v) is 16.0. The van der Waals surface area contributed by atoms with Crippen molar-refractivity contribution in [2.24, 2.45) is 0 Å². The van der Waals surface area contributed by atoms with Crippen LogP contribution in [-0.4, -0.2) is 44.2 Å². The third kappa shape index (κ3) is 11.6. The van der Waals surface area contributed by atoms with Gasteiger partial charge in [0.15, 0.2) is 0 Å². The molecule has 0 saturated heterocycles. The van der Waals surface area contributed by atoms with Gasteiger partial charge in [-0.3, -0.25) is 4.79 Å². The van der Waals surface area contributed by atoms with Crippen molar-refractivity contribution in [1.29, 1.82) is 0 Å². The van der Waals surface area contributed by atoms with Gasteiger partial charge in [0.2, 0.25) is 0 Å². The first kappa shape index (κ1) is 23.3. The van der Waals surface area contributed by atoms with Crippen LogP contribution in [0.25, 0.3) is 0 Å². The minimum Gasteiger partial charge on any atom is -0.481 e. The summed E-state index contributed by atoms with van der Waals surface area (Å²) >= 11 is 0. The van der Waals surface area contributed by atoms with Crippen LogP contribution in [0, 0.1) is 0 Å². The zero-order chi connectivity index (χ0) is 20.0. The maximum atomic E-state index is 10.6. The van der Waals surface area contributed by atoms with Crippen molar-refractivity contribution < 1.29 is 25.2 Å². The van der Waals surface area contributed by atoms with Crippen molar-refractivity contribution >= 4 is 5.97 Å². The number of allylic oxidation sites excluding steroid dienone is 6. The Hall–Kier alpha value is -1.69. The van der Waals surface area contributed by atoms with E-state index in [4.69, 9.17) is 5.11 Å². The average molecular weight is 379 g/mol. The lowest BCUT2D eigenvalue weighted by Crippen LogP contribution is -2.26. The first-order valence-electron chi connectivity index (χ1n) is 9.93. The fraction of sp³-hybridized carbons (Fsp3) is 0.591. The van der Waals surface area contributed by atoms with Gasteiger partial charge in [-0.1, -0.05) is 80.7 Å². The van der Waals surface area contributed by atoms with E-state index in [-0.39, 0.29) is 12.8 Å². The minimum atomic E-state index is -1.01. The van der Waals surface area contributed by atoms with Crippen LogP contribution in [0.3, 0.4) is 0 Å². The molecule has 1 rings (SSSR count). The number of aliphatic carboxylic acids is 1. The van der Waals surface area contributed by atoms with Gasteiger partial charge < -0.3 is 20.4 Å². The molecule has 0 aliphatic heterocycles. The number of aliphatic hydroxyl groups is 3. The Morgan fingerprint density at radius 2 is 1.44 bits per heavy atom. The lowest BCUT2D eigenvalue weighted by molar-refractivity contribution is -0.137. The zero-order valence-electron chi connectivity index (χ0n) is 16.0. The highest BCUT2D eigenvalue weighted by atomic mass is 16.4. The van der Waals surface area contributed by atoms with Crippen molar-refractivity contribution in [1.82, 2.24) is 0 Å². The standard InChI is InChI=1S/C22H34O5/c23-19(20(24)14-12-15-21(25)26)13-8-4-1-2-5-9-16-22(27)17-10-6-3-7-11-18-22/h1-2,4-5,8-9,13,16,19-20,23-24,27H,3,6-7,10-12,14-15,17-18H2,(H,25,26)/b4-1+,5-2+,13-8+,16-9+/t19-,20+/m1/s1. The van der Waals surface area contributed by atoms with Crippen LogP contribution in [0.4, 0.5) is 0 Å². The third-order valence-electron chi connectivity index (χ3n) is 4.77. The number of carboxylic acid groups (broad SMARTS) is 1. The molecule has 0 unspecified atom stereocenters. The topological polar surface area (TPSA) is 98.0 Å². The van der Waals surface area contributed by atoms with Crippen LogP contribution in [0.5, 0.6) is 0 Å². The molecule has 0 aromatic carbocycles. The summed E-state index contributed by atoms with van der Waals surface area (Å²) in [6, 6.07) is 0. The van der Waals surface area contributed by atoms with E-state index in [9.17, 15) is 20.1 Å². The predicted octanol–water partition coefficient (Wildman–Crippen LogP) is 3.66. The molecule has 4 N–H and O–H groups in total. The van der Waals surface area contributed by atoms with Crippen molar-refractivity contribution in [2.45, 2.75) is 82.0 Å². The number of rotatable bonds is 10. The molecule has 0 radical (unpaired) electrons. The molecule has 0 amide bonds. The molecule has 1 aliphatic rings. The summed E-state index contributed by atoms with van der Waals surface area (Å²) in [7, 11) is 0. The number of hydrogen-bond acceptors (Lipinski definition) is 4. The van der Waals surface area contributed by atoms with Crippen molar-refractivity contribution in [2.75, 3.05) is 0 Å². The Morgan fingerprint density at radius 3 is 2.07 bits per heavy atom. The molecule has 1 saturated carbocycles. The second-order valence-electron chi connectivity index (χ2n) is 7.23. The number of carboxylic acids is 1. The summed E-state index contributed by atoms with van der Waals surface area (Å²) in [5.41, 5.74) is -0.685. The molecule has 2 atom stereocenters. The van der Waals surface area contributed by atoms with Gasteiger partial charge >= 0.3 is 5.97 Å². The fourth-order valence-corrected chi connectivity index (χ4v) is 3.11. The van der Waals surface area contributed by atoms with Gasteiger partial charge in [-0.2, -0.15) is 0 Å². The molecule has 0 heterocycles. The molecule has 5 heteroatoms. The van der Waals surface area contributed by atoms with Gasteiger partial charge in [0.05, 0.1) is 17.8 Å². The average Bonchev–Trinajstić information content (AvgIpc) is 2.60. The van der Waals surface area contributed by atoms with E-state index in [0.29, 0.717) is 6.42 Å². The van der Waals surface area contributed by atoms with Crippen LogP contribution >= 0.6 is 0 Å². The molecule has 1 aliphatic carbocycles. The van der Waals surface area contributed by atoms with Gasteiger partial charge in [0.25, 0.3) is 0 Å². The maximum Gasteiger partial charge on any atom is 0.303 e. The molecular formula is C22H34O5. The molecule has 0 aromatic heterocycles. The van der Waals surface area contributed by atoms with E-state index in [1.54, 1.807) is 18.2 Å². The third-order valence-corrected chi connectivity index (χ3v) is 4.77. The largest absolute Gasteiger partial charge is 0.481 e. The lowest BCUT2D eigenvalue weighted by Gasteiger charge is -2.26. The van der Waals surface area contributed by atoms with Gasteiger partial charge in [0, 0.05) is 6.42 Å². The van der Waals surface area contributed by atoms with Gasteiger partial charge in [-0.25, -0.2) is 0 Å². The van der Waals surface area contributed by atoms with Gasteiger partial charge in [0.1, 0.15) is 0 Å². The monoisotopic (exact) mass is 378 g/mol. The maximum absolute atomic E-state index is 10.6. The van der Waals surface area contributed by atoms with Crippen molar-refractivity contribution in [3.63, 3.8) is 0 Å². The van der Waals surface area contributed by atoms with E-state index < -0.39 is 23.8 Å². The number of hydrogen-bond donors (Lipinski definition) is 4. The highest BCUT2D eigenvalue weighted by molar-refractivity contribution is 5.66. The highest BCUT2D eigenvalue weighted by Gasteiger charge is 2.23. The Balaban J connectivity index is 2.31. The second-order valence-corrected chi connectivity index (χ2v) is 7.23. The number of aliphatic hydroxyl groups excluding tert-OH is 2. The van der Waals surface area contributed by atoms with E-state index in [1.165, 1.54) is 25.3 Å². The van der Waals surface area contributed by atoms with Gasteiger partial charge in [-0.05, 0) is 25.7 Å².